The van der Waals surface area contributed by atoms with E-state index in [9.17, 15) is 0 Å². The van der Waals surface area contributed by atoms with Gasteiger partial charge in [0.15, 0.2) is 0 Å². The Labute approximate surface area is 141 Å². The first-order chi connectivity index (χ1) is 10.8. The van der Waals surface area contributed by atoms with E-state index in [1.54, 1.807) is 11.3 Å². The van der Waals surface area contributed by atoms with Gasteiger partial charge in [-0.15, -0.1) is 11.3 Å². The Balaban J connectivity index is 1.80. The first-order valence-electron chi connectivity index (χ1n) is 7.02. The van der Waals surface area contributed by atoms with Gasteiger partial charge in [0.05, 0.1) is 10.2 Å². The highest BCUT2D eigenvalue weighted by atomic mass is 79.9. The van der Waals surface area contributed by atoms with Gasteiger partial charge >= 0.3 is 0 Å². The van der Waals surface area contributed by atoms with E-state index >= 15 is 0 Å². The summed E-state index contributed by atoms with van der Waals surface area (Å²) in [6.07, 6.45) is 4.18. The summed E-state index contributed by atoms with van der Waals surface area (Å²) in [5.74, 6) is 0. The molecule has 0 atom stereocenters. The number of halogens is 1. The zero-order valence-electron chi connectivity index (χ0n) is 11.7. The van der Waals surface area contributed by atoms with Crippen molar-refractivity contribution >= 4 is 60.4 Å². The molecule has 0 radical (unpaired) electrons. The van der Waals surface area contributed by atoms with Crippen molar-refractivity contribution < 1.29 is 0 Å². The summed E-state index contributed by atoms with van der Waals surface area (Å²) >= 11 is 5.29. The van der Waals surface area contributed by atoms with Crippen molar-refractivity contribution in [3.63, 3.8) is 0 Å². The summed E-state index contributed by atoms with van der Waals surface area (Å²) in [5, 5.41) is 3.49. The van der Waals surface area contributed by atoms with Crippen LogP contribution in [0.15, 0.2) is 65.1 Å². The van der Waals surface area contributed by atoms with Crippen LogP contribution in [0.3, 0.4) is 0 Å². The van der Waals surface area contributed by atoms with Crippen LogP contribution in [0.5, 0.6) is 0 Å². The van der Waals surface area contributed by atoms with Crippen molar-refractivity contribution in [2.45, 2.75) is 0 Å². The highest BCUT2D eigenvalue weighted by Crippen LogP contribution is 2.30. The van der Waals surface area contributed by atoms with E-state index in [4.69, 9.17) is 4.98 Å². The molecule has 22 heavy (non-hydrogen) atoms. The van der Waals surface area contributed by atoms with E-state index in [1.165, 1.54) is 15.5 Å². The number of rotatable bonds is 2. The lowest BCUT2D eigenvalue weighted by atomic mass is 10.1. The lowest BCUT2D eigenvalue weighted by Crippen LogP contribution is -1.76. The third kappa shape index (κ3) is 2.47. The van der Waals surface area contributed by atoms with Gasteiger partial charge in [0.2, 0.25) is 0 Å². The average Bonchev–Trinajstić information content (AvgIpc) is 2.98. The monoisotopic (exact) mass is 365 g/mol. The van der Waals surface area contributed by atoms with Gasteiger partial charge in [0, 0.05) is 9.86 Å². The smallest absolute Gasteiger partial charge is 0.117 e. The van der Waals surface area contributed by atoms with Crippen molar-refractivity contribution in [2.75, 3.05) is 0 Å². The molecule has 0 aliphatic carbocycles. The number of nitrogens with zero attached hydrogens (tertiary/aromatic N) is 1. The third-order valence-corrected chi connectivity index (χ3v) is 5.32. The fraction of sp³-hybridized carbons (Fsp3) is 0. The molecule has 1 heterocycles. The standard InChI is InChI=1S/C19H12BrNS/c20-16-8-4-2-6-14(16)10-12-18-21-19-15-7-3-1-5-13(15)9-11-17(19)22-18/h1-12H. The van der Waals surface area contributed by atoms with E-state index in [2.05, 4.69) is 70.5 Å². The Morgan fingerprint density at radius 1 is 0.864 bits per heavy atom. The Morgan fingerprint density at radius 3 is 2.59 bits per heavy atom. The van der Waals surface area contributed by atoms with Crippen LogP contribution < -0.4 is 0 Å². The van der Waals surface area contributed by atoms with Gasteiger partial charge in [-0.2, -0.15) is 0 Å². The molecular weight excluding hydrogens is 354 g/mol. The molecule has 0 aliphatic heterocycles. The normalized spacial score (nSPS) is 11.7. The van der Waals surface area contributed by atoms with Crippen LogP contribution in [0, 0.1) is 0 Å². The van der Waals surface area contributed by atoms with E-state index in [0.717, 1.165) is 20.6 Å². The average molecular weight is 366 g/mol. The molecule has 0 fully saturated rings. The minimum atomic E-state index is 1.03. The molecule has 0 amide bonds. The van der Waals surface area contributed by atoms with Gasteiger partial charge in [0.25, 0.3) is 0 Å². The molecule has 0 unspecified atom stereocenters. The zero-order chi connectivity index (χ0) is 14.9. The summed E-state index contributed by atoms with van der Waals surface area (Å²) in [6, 6.07) is 20.9. The van der Waals surface area contributed by atoms with Crippen LogP contribution in [0.1, 0.15) is 10.6 Å². The molecule has 1 aromatic heterocycles. The molecule has 0 N–H and O–H groups in total. The maximum Gasteiger partial charge on any atom is 0.117 e. The molecule has 3 aromatic carbocycles. The second-order valence-corrected chi connectivity index (χ2v) is 6.96. The number of fused-ring (bicyclic) bond motifs is 3. The summed E-state index contributed by atoms with van der Waals surface area (Å²) in [7, 11) is 0. The predicted octanol–water partition coefficient (Wildman–Crippen LogP) is 6.38. The SMILES string of the molecule is Brc1ccccc1C=Cc1nc2c(ccc3ccccc32)s1. The van der Waals surface area contributed by atoms with Gasteiger partial charge in [-0.05, 0) is 29.2 Å². The highest BCUT2D eigenvalue weighted by Gasteiger charge is 2.05. The summed E-state index contributed by atoms with van der Waals surface area (Å²) < 4.78 is 2.32. The molecule has 0 spiro atoms. The molecular formula is C19H12BrNS. The summed E-state index contributed by atoms with van der Waals surface area (Å²) in [4.78, 5) is 4.80. The zero-order valence-corrected chi connectivity index (χ0v) is 14.1. The Hall–Kier alpha value is -1.97. The van der Waals surface area contributed by atoms with Crippen LogP contribution in [-0.2, 0) is 0 Å². The number of thiazole rings is 1. The minimum absolute atomic E-state index is 1.03. The van der Waals surface area contributed by atoms with E-state index in [1.807, 2.05) is 18.2 Å². The van der Waals surface area contributed by atoms with Crippen molar-refractivity contribution in [2.24, 2.45) is 0 Å². The van der Waals surface area contributed by atoms with Crippen molar-refractivity contribution in [3.05, 3.63) is 75.7 Å². The van der Waals surface area contributed by atoms with E-state index < -0.39 is 0 Å². The molecule has 0 bridgehead atoms. The van der Waals surface area contributed by atoms with Gasteiger partial charge < -0.3 is 0 Å². The maximum atomic E-state index is 4.80. The second kappa shape index (κ2) is 5.67. The second-order valence-electron chi connectivity index (χ2n) is 5.04. The third-order valence-electron chi connectivity index (χ3n) is 3.61. The van der Waals surface area contributed by atoms with Crippen molar-refractivity contribution in [1.82, 2.24) is 4.98 Å². The Kier molecular flexibility index (Phi) is 3.53. The van der Waals surface area contributed by atoms with Crippen LogP contribution in [0.2, 0.25) is 0 Å². The van der Waals surface area contributed by atoms with Gasteiger partial charge in [-0.25, -0.2) is 4.98 Å². The van der Waals surface area contributed by atoms with Crippen molar-refractivity contribution in [1.29, 1.82) is 0 Å². The van der Waals surface area contributed by atoms with Crippen molar-refractivity contribution in [3.8, 4) is 0 Å². The Bertz CT molecular complexity index is 1000. The van der Waals surface area contributed by atoms with Crippen LogP contribution in [0.25, 0.3) is 33.1 Å². The fourth-order valence-electron chi connectivity index (χ4n) is 2.52. The van der Waals surface area contributed by atoms with Gasteiger partial charge in [-0.3, -0.25) is 0 Å². The van der Waals surface area contributed by atoms with Crippen LogP contribution in [-0.4, -0.2) is 4.98 Å². The number of hydrogen-bond acceptors (Lipinski definition) is 2. The molecule has 1 nitrogen and oxygen atoms in total. The summed E-state index contributed by atoms with van der Waals surface area (Å²) in [5.41, 5.74) is 2.25. The summed E-state index contributed by atoms with van der Waals surface area (Å²) in [6.45, 7) is 0. The van der Waals surface area contributed by atoms with Crippen LogP contribution >= 0.6 is 27.3 Å². The number of aromatic nitrogens is 1. The maximum absolute atomic E-state index is 4.80. The van der Waals surface area contributed by atoms with E-state index in [-0.39, 0.29) is 0 Å². The molecule has 0 aliphatic rings. The fourth-order valence-corrected chi connectivity index (χ4v) is 3.82. The lowest BCUT2D eigenvalue weighted by molar-refractivity contribution is 1.48. The minimum Gasteiger partial charge on any atom is -0.236 e. The molecule has 106 valence electrons. The number of benzene rings is 3. The number of hydrogen-bond donors (Lipinski definition) is 0. The molecule has 0 saturated heterocycles. The topological polar surface area (TPSA) is 12.9 Å². The predicted molar refractivity (Wildman–Crippen MR) is 100 cm³/mol. The van der Waals surface area contributed by atoms with E-state index in [0.29, 0.717) is 0 Å². The van der Waals surface area contributed by atoms with Gasteiger partial charge in [-0.1, -0.05) is 70.5 Å². The molecule has 4 rings (SSSR count). The largest absolute Gasteiger partial charge is 0.236 e. The molecule has 0 saturated carbocycles. The van der Waals surface area contributed by atoms with Gasteiger partial charge in [0.1, 0.15) is 5.01 Å². The molecule has 3 heteroatoms. The quantitative estimate of drug-likeness (QED) is 0.401. The molecule has 4 aromatic rings. The first-order valence-corrected chi connectivity index (χ1v) is 8.63. The highest BCUT2D eigenvalue weighted by molar-refractivity contribution is 9.10. The first kappa shape index (κ1) is 13.7. The van der Waals surface area contributed by atoms with Crippen LogP contribution in [0.4, 0.5) is 0 Å². The Morgan fingerprint density at radius 2 is 1.68 bits per heavy atom. The lowest BCUT2D eigenvalue weighted by Gasteiger charge is -1.96.